The van der Waals surface area contributed by atoms with Crippen LogP contribution in [-0.4, -0.2) is 39.6 Å². The molecule has 0 radical (unpaired) electrons. The Balaban J connectivity index is 1.42. The van der Waals surface area contributed by atoms with Crippen molar-refractivity contribution in [3.8, 4) is 11.5 Å². The molecule has 0 saturated carbocycles. The predicted molar refractivity (Wildman–Crippen MR) is 120 cm³/mol. The van der Waals surface area contributed by atoms with Gasteiger partial charge in [-0.25, -0.2) is 9.18 Å². The third kappa shape index (κ3) is 4.88. The Morgan fingerprint density at radius 2 is 2.06 bits per heavy atom. The molecule has 0 aliphatic carbocycles. The van der Waals surface area contributed by atoms with E-state index in [1.165, 1.54) is 17.8 Å². The lowest BCUT2D eigenvalue weighted by Crippen LogP contribution is -2.25. The number of rotatable bonds is 6. The van der Waals surface area contributed by atoms with Crippen LogP contribution in [0.3, 0.4) is 0 Å². The Morgan fingerprint density at radius 3 is 2.71 bits per heavy atom. The largest absolute Gasteiger partial charge is 0.454 e. The zero-order chi connectivity index (χ0) is 22.0. The molecule has 2 aliphatic heterocycles. The van der Waals surface area contributed by atoms with Crippen LogP contribution in [0.5, 0.6) is 11.5 Å². The number of hydrogen-bond acceptors (Lipinski definition) is 6. The molecule has 2 aromatic carbocycles. The van der Waals surface area contributed by atoms with E-state index in [1.807, 2.05) is 25.1 Å². The van der Waals surface area contributed by atoms with Gasteiger partial charge in [-0.3, -0.25) is 9.69 Å². The van der Waals surface area contributed by atoms with Crippen LogP contribution in [0.2, 0.25) is 0 Å². The summed E-state index contributed by atoms with van der Waals surface area (Å²) in [7, 11) is 0. The maximum absolute atomic E-state index is 14.5. The van der Waals surface area contributed by atoms with E-state index < -0.39 is 5.82 Å². The van der Waals surface area contributed by atoms with Crippen LogP contribution in [0, 0.1) is 5.82 Å². The number of benzene rings is 2. The number of amides is 2. The molecule has 2 aliphatic rings. The number of cyclic esters (lactones) is 1. The van der Waals surface area contributed by atoms with E-state index >= 15 is 0 Å². The van der Waals surface area contributed by atoms with Gasteiger partial charge in [-0.05, 0) is 54.8 Å². The minimum Gasteiger partial charge on any atom is -0.454 e. The lowest BCUT2D eigenvalue weighted by Gasteiger charge is -2.12. The summed E-state index contributed by atoms with van der Waals surface area (Å²) >= 11 is 6.26. The number of thiocarbonyl (C=S) groups is 1. The molecule has 6 nitrogen and oxygen atoms in total. The fourth-order valence-corrected chi connectivity index (χ4v) is 4.62. The summed E-state index contributed by atoms with van der Waals surface area (Å²) < 4.78 is 25.7. The highest BCUT2D eigenvalue weighted by Crippen LogP contribution is 2.29. The quantitative estimate of drug-likeness (QED) is 0.644. The molecule has 2 saturated heterocycles. The van der Waals surface area contributed by atoms with E-state index in [2.05, 4.69) is 5.32 Å². The monoisotopic (exact) mass is 458 g/mol. The molecule has 2 heterocycles. The van der Waals surface area contributed by atoms with E-state index in [0.29, 0.717) is 28.6 Å². The summed E-state index contributed by atoms with van der Waals surface area (Å²) in [4.78, 5) is 25.0. The first-order valence-electron chi connectivity index (χ1n) is 9.65. The maximum atomic E-state index is 14.5. The number of nitrogens with one attached hydrogen (secondary N) is 1. The van der Waals surface area contributed by atoms with E-state index in [-0.39, 0.29) is 29.6 Å². The van der Waals surface area contributed by atoms with Gasteiger partial charge in [0.2, 0.25) is 5.91 Å². The summed E-state index contributed by atoms with van der Waals surface area (Å²) in [6.07, 6.45) is 1.91. The highest BCUT2D eigenvalue weighted by Gasteiger charge is 2.29. The van der Waals surface area contributed by atoms with Gasteiger partial charge in [0.15, 0.2) is 11.6 Å². The molecule has 31 heavy (non-hydrogen) atoms. The fourth-order valence-electron chi connectivity index (χ4n) is 3.31. The van der Waals surface area contributed by atoms with Gasteiger partial charge in [-0.2, -0.15) is 0 Å². The first-order chi connectivity index (χ1) is 14.9. The van der Waals surface area contributed by atoms with Crippen molar-refractivity contribution in [3.63, 3.8) is 0 Å². The van der Waals surface area contributed by atoms with Crippen molar-refractivity contribution in [1.82, 2.24) is 10.2 Å². The zero-order valence-corrected chi connectivity index (χ0v) is 18.2. The molecule has 160 valence electrons. The van der Waals surface area contributed by atoms with Gasteiger partial charge in [0, 0.05) is 6.54 Å². The van der Waals surface area contributed by atoms with Gasteiger partial charge in [-0.1, -0.05) is 42.2 Å². The Labute approximate surface area is 188 Å². The summed E-state index contributed by atoms with van der Waals surface area (Å²) in [6.45, 7) is 2.67. The molecule has 2 amide bonds. The molecule has 2 fully saturated rings. The second-order valence-corrected chi connectivity index (χ2v) is 8.84. The maximum Gasteiger partial charge on any atom is 0.414 e. The topological polar surface area (TPSA) is 67.9 Å². The lowest BCUT2D eigenvalue weighted by atomic mass is 10.1. The van der Waals surface area contributed by atoms with Crippen molar-refractivity contribution in [2.75, 3.05) is 13.2 Å². The number of carbonyl (C=O) groups is 2. The van der Waals surface area contributed by atoms with Crippen LogP contribution >= 0.6 is 24.0 Å². The normalized spacial score (nSPS) is 19.7. The summed E-state index contributed by atoms with van der Waals surface area (Å²) in [5, 5.41) is 2.24. The average molecular weight is 459 g/mol. The standard InChI is InChI=1S/C22H19FN2O4S2/c1-2-25-15(12-28-22(25)27)9-13-3-6-16(7-4-13)29-18-8-5-14(10-17(18)23)11-19-20(26)24-21(30)31-19/h3-10,19H,2,11-12H2,1H3,(H,24,26,30)/b15-9-. The van der Waals surface area contributed by atoms with Gasteiger partial charge >= 0.3 is 6.09 Å². The van der Waals surface area contributed by atoms with Gasteiger partial charge in [0.25, 0.3) is 0 Å². The molecule has 2 aromatic rings. The van der Waals surface area contributed by atoms with E-state index in [1.54, 1.807) is 29.2 Å². The Bertz CT molecular complexity index is 1070. The van der Waals surface area contributed by atoms with E-state index in [4.69, 9.17) is 21.7 Å². The number of nitrogens with zero attached hydrogens (tertiary/aromatic N) is 1. The average Bonchev–Trinajstić information content (AvgIpc) is 3.25. The van der Waals surface area contributed by atoms with Crippen LogP contribution in [0.25, 0.3) is 6.08 Å². The van der Waals surface area contributed by atoms with Crippen molar-refractivity contribution in [3.05, 3.63) is 65.1 Å². The number of hydrogen-bond donors (Lipinski definition) is 1. The smallest absolute Gasteiger partial charge is 0.414 e. The van der Waals surface area contributed by atoms with Crippen molar-refractivity contribution in [1.29, 1.82) is 0 Å². The fraction of sp³-hybridized carbons (Fsp3) is 0.227. The van der Waals surface area contributed by atoms with Crippen LogP contribution in [0.1, 0.15) is 18.1 Å². The van der Waals surface area contributed by atoms with Gasteiger partial charge in [0.05, 0.1) is 10.9 Å². The number of ether oxygens (including phenoxy) is 2. The minimum atomic E-state index is -0.505. The van der Waals surface area contributed by atoms with Crippen molar-refractivity contribution in [2.45, 2.75) is 18.6 Å². The third-order valence-corrected chi connectivity index (χ3v) is 6.22. The molecule has 1 N–H and O–H groups in total. The van der Waals surface area contributed by atoms with Gasteiger partial charge in [-0.15, -0.1) is 0 Å². The first kappa shape index (κ1) is 21.3. The molecule has 4 rings (SSSR count). The summed E-state index contributed by atoms with van der Waals surface area (Å²) in [5.41, 5.74) is 2.36. The number of halogens is 1. The van der Waals surface area contributed by atoms with Gasteiger partial charge < -0.3 is 14.8 Å². The van der Waals surface area contributed by atoms with Crippen LogP contribution in [-0.2, 0) is 16.0 Å². The third-order valence-electron chi connectivity index (χ3n) is 4.85. The molecule has 1 atom stereocenters. The molecule has 1 unspecified atom stereocenters. The van der Waals surface area contributed by atoms with Crippen LogP contribution < -0.4 is 10.1 Å². The Kier molecular flexibility index (Phi) is 6.24. The number of likely N-dealkylation sites (N-methyl/N-ethyl adjacent to an activating group) is 1. The zero-order valence-electron chi connectivity index (χ0n) is 16.6. The van der Waals surface area contributed by atoms with E-state index in [0.717, 1.165) is 11.3 Å². The highest BCUT2D eigenvalue weighted by molar-refractivity contribution is 8.24. The molecule has 0 spiro atoms. The number of carbonyl (C=O) groups excluding carboxylic acids is 2. The highest BCUT2D eigenvalue weighted by atomic mass is 32.2. The van der Waals surface area contributed by atoms with Crippen molar-refractivity contribution in [2.24, 2.45) is 0 Å². The molecule has 0 aromatic heterocycles. The Morgan fingerprint density at radius 1 is 1.29 bits per heavy atom. The molecule has 0 bridgehead atoms. The molecular weight excluding hydrogens is 439 g/mol. The van der Waals surface area contributed by atoms with Crippen LogP contribution in [0.15, 0.2) is 48.2 Å². The van der Waals surface area contributed by atoms with Crippen LogP contribution in [0.4, 0.5) is 9.18 Å². The first-order valence-corrected chi connectivity index (χ1v) is 10.9. The minimum absolute atomic E-state index is 0.0980. The number of thioether (sulfide) groups is 1. The molecular formula is C22H19FN2O4S2. The second-order valence-electron chi connectivity index (χ2n) is 6.96. The SMILES string of the molecule is CCN1C(=O)OC/C1=C/c1ccc(Oc2ccc(CC3SC(=S)NC3=O)cc2F)cc1. The van der Waals surface area contributed by atoms with Gasteiger partial charge in [0.1, 0.15) is 16.7 Å². The summed E-state index contributed by atoms with van der Waals surface area (Å²) in [6, 6.07) is 11.8. The summed E-state index contributed by atoms with van der Waals surface area (Å²) in [5.74, 6) is -0.0758. The lowest BCUT2D eigenvalue weighted by molar-refractivity contribution is -0.118. The molecule has 9 heteroatoms. The van der Waals surface area contributed by atoms with Crippen molar-refractivity contribution >= 4 is 46.4 Å². The predicted octanol–water partition coefficient (Wildman–Crippen LogP) is 4.49. The Hall–Kier alpha value is -2.91. The van der Waals surface area contributed by atoms with E-state index in [9.17, 15) is 14.0 Å². The van der Waals surface area contributed by atoms with Crippen molar-refractivity contribution < 1.29 is 23.5 Å². The second kappa shape index (κ2) is 9.07.